The summed E-state index contributed by atoms with van der Waals surface area (Å²) in [5, 5.41) is -0.0884. The van der Waals surface area contributed by atoms with E-state index in [9.17, 15) is 4.79 Å². The molecule has 0 fully saturated rings. The SMILES string of the molecule is C=C(Cl)CN(C(=O)Cl)C(C)C. The standard InChI is InChI=1S/C7H11Cl2NO/c1-5(2)10(7(9)11)4-6(3)8/h5H,3-4H2,1-2H3. The summed E-state index contributed by atoms with van der Waals surface area (Å²) >= 11 is 10.8. The molecule has 0 aromatic carbocycles. The Morgan fingerprint density at radius 2 is 2.00 bits per heavy atom. The Balaban J connectivity index is 4.12. The van der Waals surface area contributed by atoms with Gasteiger partial charge in [-0.2, -0.15) is 0 Å². The van der Waals surface area contributed by atoms with Crippen LogP contribution in [0.25, 0.3) is 0 Å². The van der Waals surface area contributed by atoms with Crippen molar-refractivity contribution in [2.24, 2.45) is 0 Å². The fourth-order valence-electron chi connectivity index (χ4n) is 0.633. The van der Waals surface area contributed by atoms with E-state index in [1.807, 2.05) is 13.8 Å². The quantitative estimate of drug-likeness (QED) is 0.502. The van der Waals surface area contributed by atoms with Crippen LogP contribution in [0.3, 0.4) is 0 Å². The maximum absolute atomic E-state index is 10.7. The average molecular weight is 196 g/mol. The summed E-state index contributed by atoms with van der Waals surface area (Å²) in [7, 11) is 0. The van der Waals surface area contributed by atoms with E-state index in [1.165, 1.54) is 4.90 Å². The molecule has 0 saturated heterocycles. The van der Waals surface area contributed by atoms with Crippen LogP contribution in [0.4, 0.5) is 4.79 Å². The summed E-state index contributed by atoms with van der Waals surface area (Å²) < 4.78 is 0. The minimum atomic E-state index is -0.498. The van der Waals surface area contributed by atoms with Crippen molar-refractivity contribution in [3.8, 4) is 0 Å². The zero-order valence-electron chi connectivity index (χ0n) is 6.60. The number of nitrogens with zero attached hydrogens (tertiary/aromatic N) is 1. The Hall–Kier alpha value is -0.210. The smallest absolute Gasteiger partial charge is 0.316 e. The zero-order valence-corrected chi connectivity index (χ0v) is 8.11. The van der Waals surface area contributed by atoms with Crippen molar-refractivity contribution in [2.45, 2.75) is 19.9 Å². The van der Waals surface area contributed by atoms with Crippen molar-refractivity contribution in [1.82, 2.24) is 4.90 Å². The Morgan fingerprint density at radius 1 is 1.55 bits per heavy atom. The van der Waals surface area contributed by atoms with Gasteiger partial charge in [-0.15, -0.1) is 0 Å². The molecule has 0 spiro atoms. The molecule has 0 saturated carbocycles. The molecule has 0 aliphatic rings. The maximum atomic E-state index is 10.7. The van der Waals surface area contributed by atoms with E-state index in [1.54, 1.807) is 0 Å². The lowest BCUT2D eigenvalue weighted by molar-refractivity contribution is 0.214. The molecule has 0 atom stereocenters. The molecule has 4 heteroatoms. The lowest BCUT2D eigenvalue weighted by atomic mass is 10.3. The van der Waals surface area contributed by atoms with Gasteiger partial charge in [-0.3, -0.25) is 4.79 Å². The lowest BCUT2D eigenvalue weighted by Gasteiger charge is -2.22. The predicted molar refractivity (Wildman–Crippen MR) is 48.1 cm³/mol. The van der Waals surface area contributed by atoms with E-state index in [0.717, 1.165) is 0 Å². The fraction of sp³-hybridized carbons (Fsp3) is 0.571. The molecule has 11 heavy (non-hydrogen) atoms. The van der Waals surface area contributed by atoms with E-state index in [4.69, 9.17) is 23.2 Å². The number of rotatable bonds is 3. The van der Waals surface area contributed by atoms with Crippen LogP contribution in [0.15, 0.2) is 11.6 Å². The highest BCUT2D eigenvalue weighted by atomic mass is 35.5. The maximum Gasteiger partial charge on any atom is 0.316 e. The van der Waals surface area contributed by atoms with E-state index in [0.29, 0.717) is 11.6 Å². The molecule has 2 nitrogen and oxygen atoms in total. The summed E-state index contributed by atoms with van der Waals surface area (Å²) in [5.41, 5.74) is 0. The van der Waals surface area contributed by atoms with Crippen LogP contribution in [-0.2, 0) is 0 Å². The molecule has 0 N–H and O–H groups in total. The number of halogens is 2. The minimum Gasteiger partial charge on any atom is -0.322 e. The Kier molecular flexibility index (Phi) is 4.54. The second-order valence-corrected chi connectivity index (χ2v) is 3.35. The third-order valence-corrected chi connectivity index (χ3v) is 1.53. The van der Waals surface area contributed by atoms with Crippen molar-refractivity contribution < 1.29 is 4.79 Å². The van der Waals surface area contributed by atoms with Gasteiger partial charge in [0.15, 0.2) is 0 Å². The molecular formula is C7H11Cl2NO. The third kappa shape index (κ3) is 4.27. The second kappa shape index (κ2) is 4.62. The van der Waals surface area contributed by atoms with E-state index < -0.39 is 5.37 Å². The van der Waals surface area contributed by atoms with Gasteiger partial charge in [-0.25, -0.2) is 0 Å². The highest BCUT2D eigenvalue weighted by Gasteiger charge is 2.14. The van der Waals surface area contributed by atoms with Crippen molar-refractivity contribution in [3.05, 3.63) is 11.6 Å². The molecule has 0 aromatic rings. The second-order valence-electron chi connectivity index (χ2n) is 2.49. The van der Waals surface area contributed by atoms with Crippen LogP contribution in [-0.4, -0.2) is 22.9 Å². The minimum absolute atomic E-state index is 0.0514. The van der Waals surface area contributed by atoms with E-state index in [-0.39, 0.29) is 6.04 Å². The van der Waals surface area contributed by atoms with Gasteiger partial charge in [-0.05, 0) is 25.4 Å². The lowest BCUT2D eigenvalue weighted by Crippen LogP contribution is -2.33. The summed E-state index contributed by atoms with van der Waals surface area (Å²) in [5.74, 6) is 0. The molecule has 0 aliphatic carbocycles. The van der Waals surface area contributed by atoms with Crippen LogP contribution in [0, 0.1) is 0 Å². The molecule has 0 aliphatic heterocycles. The van der Waals surface area contributed by atoms with Crippen LogP contribution in [0.2, 0.25) is 0 Å². The van der Waals surface area contributed by atoms with Crippen LogP contribution in [0.1, 0.15) is 13.8 Å². The van der Waals surface area contributed by atoms with Crippen LogP contribution >= 0.6 is 23.2 Å². The number of hydrogen-bond donors (Lipinski definition) is 0. The highest BCUT2D eigenvalue weighted by molar-refractivity contribution is 6.62. The predicted octanol–water partition coefficient (Wildman–Crippen LogP) is 2.81. The van der Waals surface area contributed by atoms with Crippen molar-refractivity contribution in [2.75, 3.05) is 6.54 Å². The van der Waals surface area contributed by atoms with Crippen molar-refractivity contribution >= 4 is 28.6 Å². The normalized spacial score (nSPS) is 9.91. The van der Waals surface area contributed by atoms with Gasteiger partial charge in [-0.1, -0.05) is 18.2 Å². The van der Waals surface area contributed by atoms with Crippen molar-refractivity contribution in [1.29, 1.82) is 0 Å². The molecule has 0 unspecified atom stereocenters. The van der Waals surface area contributed by atoms with E-state index >= 15 is 0 Å². The summed E-state index contributed by atoms with van der Waals surface area (Å²) in [6.07, 6.45) is 0. The molecule has 64 valence electrons. The Bertz CT molecular complexity index is 168. The molecule has 0 aromatic heterocycles. The highest BCUT2D eigenvalue weighted by Crippen LogP contribution is 2.08. The first-order chi connectivity index (χ1) is 4.95. The fourth-order valence-corrected chi connectivity index (χ4v) is 1.02. The first-order valence-corrected chi connectivity index (χ1v) is 4.00. The van der Waals surface area contributed by atoms with Gasteiger partial charge < -0.3 is 4.90 Å². The monoisotopic (exact) mass is 195 g/mol. The molecule has 0 rings (SSSR count). The number of hydrogen-bond acceptors (Lipinski definition) is 1. The summed E-state index contributed by atoms with van der Waals surface area (Å²) in [4.78, 5) is 12.1. The number of carbonyl (C=O) groups is 1. The number of amides is 1. The average Bonchev–Trinajstić information content (AvgIpc) is 1.81. The Morgan fingerprint density at radius 3 is 2.09 bits per heavy atom. The van der Waals surface area contributed by atoms with Gasteiger partial charge in [0.1, 0.15) is 0 Å². The van der Waals surface area contributed by atoms with Gasteiger partial charge in [0.05, 0.1) is 6.54 Å². The van der Waals surface area contributed by atoms with Gasteiger partial charge in [0.2, 0.25) is 0 Å². The topological polar surface area (TPSA) is 20.3 Å². The van der Waals surface area contributed by atoms with Crippen LogP contribution in [0.5, 0.6) is 0 Å². The third-order valence-electron chi connectivity index (χ3n) is 1.19. The zero-order chi connectivity index (χ0) is 9.02. The first-order valence-electron chi connectivity index (χ1n) is 3.24. The largest absolute Gasteiger partial charge is 0.322 e. The van der Waals surface area contributed by atoms with E-state index in [2.05, 4.69) is 6.58 Å². The summed E-state index contributed by atoms with van der Waals surface area (Å²) in [6, 6.07) is 0.0514. The molecule has 1 amide bonds. The van der Waals surface area contributed by atoms with Gasteiger partial charge in [0.25, 0.3) is 0 Å². The summed E-state index contributed by atoms with van der Waals surface area (Å²) in [6.45, 7) is 7.50. The first kappa shape index (κ1) is 10.8. The molecule has 0 heterocycles. The molecule has 0 radical (unpaired) electrons. The Labute approximate surface area is 76.8 Å². The molecule has 0 bridgehead atoms. The number of carbonyl (C=O) groups excluding carboxylic acids is 1. The van der Waals surface area contributed by atoms with Crippen molar-refractivity contribution in [3.63, 3.8) is 0 Å². The molecular weight excluding hydrogens is 185 g/mol. The van der Waals surface area contributed by atoms with Crippen LogP contribution < -0.4 is 0 Å². The van der Waals surface area contributed by atoms with Gasteiger partial charge >= 0.3 is 5.37 Å². The van der Waals surface area contributed by atoms with Gasteiger partial charge in [0, 0.05) is 11.1 Å².